The van der Waals surface area contributed by atoms with Crippen molar-refractivity contribution in [1.29, 1.82) is 0 Å². The standard InChI is InChI=1S/C15H20F12O2/c1-2-3-4-8-29-9-11(18,19)13(22,23)15(26,27)14(24,25)12(20,21)10(16,17)6-5-7-28/h28H,2-9H2,1H3. The zero-order valence-electron chi connectivity index (χ0n) is 15.0. The van der Waals surface area contributed by atoms with Gasteiger partial charge in [-0.2, -0.15) is 52.7 Å². The summed E-state index contributed by atoms with van der Waals surface area (Å²) in [5, 5.41) is 8.28. The Morgan fingerprint density at radius 3 is 1.48 bits per heavy atom. The van der Waals surface area contributed by atoms with Crippen molar-refractivity contribution in [2.75, 3.05) is 19.8 Å². The summed E-state index contributed by atoms with van der Waals surface area (Å²) in [7, 11) is 0. The van der Waals surface area contributed by atoms with Gasteiger partial charge in [-0.05, 0) is 12.8 Å². The van der Waals surface area contributed by atoms with Crippen LogP contribution >= 0.6 is 0 Å². The van der Waals surface area contributed by atoms with E-state index in [1.165, 1.54) is 0 Å². The monoisotopic (exact) mass is 460 g/mol. The topological polar surface area (TPSA) is 29.5 Å². The molecule has 0 aliphatic heterocycles. The highest BCUT2D eigenvalue weighted by molar-refractivity contribution is 5.11. The fourth-order valence-electron chi connectivity index (χ4n) is 2.06. The molecule has 29 heavy (non-hydrogen) atoms. The first-order valence-electron chi connectivity index (χ1n) is 8.33. The molecule has 0 rings (SSSR count). The molecular formula is C15H20F12O2. The Balaban J connectivity index is 5.77. The number of halogens is 12. The van der Waals surface area contributed by atoms with Crippen LogP contribution in [-0.2, 0) is 4.74 Å². The predicted molar refractivity (Wildman–Crippen MR) is 76.3 cm³/mol. The lowest BCUT2D eigenvalue weighted by Crippen LogP contribution is -2.71. The van der Waals surface area contributed by atoms with E-state index in [1.807, 2.05) is 0 Å². The summed E-state index contributed by atoms with van der Waals surface area (Å²) in [6.45, 7) is -2.75. The Morgan fingerprint density at radius 2 is 1.07 bits per heavy atom. The van der Waals surface area contributed by atoms with Gasteiger partial charge in [0.15, 0.2) is 0 Å². The summed E-state index contributed by atoms with van der Waals surface area (Å²) in [5.74, 6) is -41.5. The molecule has 0 atom stereocenters. The largest absolute Gasteiger partial charge is 0.396 e. The Hall–Kier alpha value is -0.920. The van der Waals surface area contributed by atoms with Gasteiger partial charge in [-0.15, -0.1) is 0 Å². The van der Waals surface area contributed by atoms with Crippen molar-refractivity contribution >= 4 is 0 Å². The maximum Gasteiger partial charge on any atom is 0.384 e. The van der Waals surface area contributed by atoms with Crippen molar-refractivity contribution < 1.29 is 62.5 Å². The quantitative estimate of drug-likeness (QED) is 0.263. The summed E-state index contributed by atoms with van der Waals surface area (Å²) in [4.78, 5) is 0. The minimum atomic E-state index is -7.58. The third-order valence-corrected chi connectivity index (χ3v) is 3.93. The number of alkyl halides is 12. The molecular weight excluding hydrogens is 440 g/mol. The van der Waals surface area contributed by atoms with Crippen LogP contribution in [0.5, 0.6) is 0 Å². The summed E-state index contributed by atoms with van der Waals surface area (Å²) < 4.78 is 166. The van der Waals surface area contributed by atoms with Crippen LogP contribution in [0.15, 0.2) is 0 Å². The Kier molecular flexibility index (Phi) is 9.18. The summed E-state index contributed by atoms with van der Waals surface area (Å²) in [6, 6.07) is 0. The van der Waals surface area contributed by atoms with E-state index < -0.39 is 68.2 Å². The average molecular weight is 460 g/mol. The van der Waals surface area contributed by atoms with E-state index in [0.717, 1.165) is 0 Å². The molecule has 176 valence electrons. The molecule has 0 saturated carbocycles. The number of unbranched alkanes of at least 4 members (excludes halogenated alkanes) is 2. The van der Waals surface area contributed by atoms with Gasteiger partial charge in [-0.3, -0.25) is 0 Å². The fourth-order valence-corrected chi connectivity index (χ4v) is 2.06. The molecule has 2 nitrogen and oxygen atoms in total. The van der Waals surface area contributed by atoms with Crippen LogP contribution in [0.2, 0.25) is 0 Å². The highest BCUT2D eigenvalue weighted by Crippen LogP contribution is 2.60. The van der Waals surface area contributed by atoms with Gasteiger partial charge in [-0.1, -0.05) is 19.8 Å². The second-order valence-electron chi connectivity index (χ2n) is 6.29. The molecule has 0 aliphatic rings. The maximum absolute atomic E-state index is 13.6. The normalized spacial score (nSPS) is 15.1. The minimum absolute atomic E-state index is 0.0276. The van der Waals surface area contributed by atoms with Gasteiger partial charge in [0.05, 0.1) is 0 Å². The molecule has 0 saturated heterocycles. The molecule has 0 unspecified atom stereocenters. The van der Waals surface area contributed by atoms with Crippen LogP contribution in [0.4, 0.5) is 52.7 Å². The van der Waals surface area contributed by atoms with Crippen molar-refractivity contribution in [2.45, 2.75) is 74.6 Å². The van der Waals surface area contributed by atoms with Crippen LogP contribution in [0.25, 0.3) is 0 Å². The Morgan fingerprint density at radius 1 is 0.621 bits per heavy atom. The fraction of sp³-hybridized carbons (Fsp3) is 1.00. The number of ether oxygens (including phenoxy) is 1. The second-order valence-corrected chi connectivity index (χ2v) is 6.29. The van der Waals surface area contributed by atoms with Crippen molar-refractivity contribution in [2.24, 2.45) is 0 Å². The zero-order valence-corrected chi connectivity index (χ0v) is 15.0. The molecule has 0 amide bonds. The molecule has 14 heteroatoms. The van der Waals surface area contributed by atoms with E-state index in [0.29, 0.717) is 12.8 Å². The number of aliphatic hydroxyl groups is 1. The van der Waals surface area contributed by atoms with Crippen LogP contribution in [0.1, 0.15) is 39.0 Å². The lowest BCUT2D eigenvalue weighted by Gasteiger charge is -2.41. The van der Waals surface area contributed by atoms with Gasteiger partial charge in [0.2, 0.25) is 0 Å². The summed E-state index contributed by atoms with van der Waals surface area (Å²) in [6.07, 6.45) is -2.64. The van der Waals surface area contributed by atoms with Crippen LogP contribution in [0, 0.1) is 0 Å². The highest BCUT2D eigenvalue weighted by atomic mass is 19.4. The molecule has 0 aromatic rings. The Labute approximate surface area is 158 Å². The smallest absolute Gasteiger partial charge is 0.384 e. The average Bonchev–Trinajstić information content (AvgIpc) is 2.58. The molecule has 1 N–H and O–H groups in total. The number of rotatable bonds is 14. The molecule has 0 fully saturated rings. The van der Waals surface area contributed by atoms with Crippen LogP contribution in [0.3, 0.4) is 0 Å². The lowest BCUT2D eigenvalue weighted by atomic mass is 9.90. The van der Waals surface area contributed by atoms with E-state index in [9.17, 15) is 52.7 Å². The Bertz CT molecular complexity index is 508. The van der Waals surface area contributed by atoms with Gasteiger partial charge in [0.1, 0.15) is 6.61 Å². The number of aliphatic hydroxyl groups excluding tert-OH is 1. The van der Waals surface area contributed by atoms with E-state index in [1.54, 1.807) is 6.92 Å². The molecule has 0 aromatic carbocycles. The predicted octanol–water partition coefficient (Wildman–Crippen LogP) is 5.78. The van der Waals surface area contributed by atoms with Crippen molar-refractivity contribution in [3.63, 3.8) is 0 Å². The highest BCUT2D eigenvalue weighted by Gasteiger charge is 2.89. The first kappa shape index (κ1) is 28.1. The van der Waals surface area contributed by atoms with E-state index in [4.69, 9.17) is 5.11 Å². The van der Waals surface area contributed by atoms with Crippen molar-refractivity contribution in [3.05, 3.63) is 0 Å². The van der Waals surface area contributed by atoms with Crippen LogP contribution < -0.4 is 0 Å². The molecule has 0 aromatic heterocycles. The third-order valence-electron chi connectivity index (χ3n) is 3.93. The summed E-state index contributed by atoms with van der Waals surface area (Å²) in [5.41, 5.74) is 0. The van der Waals surface area contributed by atoms with Crippen LogP contribution in [-0.4, -0.2) is 60.5 Å². The van der Waals surface area contributed by atoms with Gasteiger partial charge in [0, 0.05) is 19.6 Å². The van der Waals surface area contributed by atoms with E-state index in [-0.39, 0.29) is 6.42 Å². The first-order chi connectivity index (χ1) is 12.9. The maximum atomic E-state index is 13.6. The van der Waals surface area contributed by atoms with Gasteiger partial charge < -0.3 is 9.84 Å². The molecule has 0 spiro atoms. The molecule has 0 aliphatic carbocycles. The third kappa shape index (κ3) is 5.23. The number of hydrogen-bond donors (Lipinski definition) is 1. The number of hydrogen-bond acceptors (Lipinski definition) is 2. The van der Waals surface area contributed by atoms with Gasteiger partial charge >= 0.3 is 35.5 Å². The van der Waals surface area contributed by atoms with E-state index in [2.05, 4.69) is 4.74 Å². The minimum Gasteiger partial charge on any atom is -0.396 e. The molecule has 0 heterocycles. The second kappa shape index (κ2) is 9.48. The zero-order chi connectivity index (χ0) is 23.4. The van der Waals surface area contributed by atoms with Gasteiger partial charge in [-0.25, -0.2) is 0 Å². The SMILES string of the molecule is CCCCCOCC(F)(F)C(F)(F)C(F)(F)C(F)(F)C(F)(F)C(F)(F)CCCO. The van der Waals surface area contributed by atoms with E-state index >= 15 is 0 Å². The summed E-state index contributed by atoms with van der Waals surface area (Å²) >= 11 is 0. The molecule has 0 radical (unpaired) electrons. The van der Waals surface area contributed by atoms with Crippen molar-refractivity contribution in [1.82, 2.24) is 0 Å². The molecule has 0 bridgehead atoms. The lowest BCUT2D eigenvalue weighted by molar-refractivity contribution is -0.427. The van der Waals surface area contributed by atoms with Gasteiger partial charge in [0.25, 0.3) is 0 Å². The first-order valence-corrected chi connectivity index (χ1v) is 8.33. The van der Waals surface area contributed by atoms with Crippen molar-refractivity contribution in [3.8, 4) is 0 Å².